The smallest absolute Gasteiger partial charge is 0.129 e. The summed E-state index contributed by atoms with van der Waals surface area (Å²) in [6.07, 6.45) is 0. The Kier molecular flexibility index (Phi) is 5.02. The minimum absolute atomic E-state index is 0.241. The third kappa shape index (κ3) is 3.14. The van der Waals surface area contributed by atoms with Crippen molar-refractivity contribution in [3.8, 4) is 17.0 Å². The van der Waals surface area contributed by atoms with E-state index in [9.17, 15) is 0 Å². The van der Waals surface area contributed by atoms with Crippen molar-refractivity contribution >= 4 is 22.9 Å². The Labute approximate surface area is 129 Å². The van der Waals surface area contributed by atoms with Gasteiger partial charge in [-0.1, -0.05) is 11.6 Å². The Morgan fingerprint density at radius 3 is 2.85 bits per heavy atom. The third-order valence-corrected chi connectivity index (χ3v) is 4.60. The molecular weight excluding hydrogens is 292 g/mol. The number of ether oxygens (including phenoxy) is 1. The molecule has 0 radical (unpaired) electrons. The van der Waals surface area contributed by atoms with Crippen LogP contribution in [-0.4, -0.2) is 18.6 Å². The second-order valence-electron chi connectivity index (χ2n) is 4.61. The fraction of sp³-hybridized carbons (Fsp3) is 0.400. The van der Waals surface area contributed by atoms with E-state index in [0.29, 0.717) is 6.61 Å². The van der Waals surface area contributed by atoms with Gasteiger partial charge in [-0.25, -0.2) is 4.98 Å². The van der Waals surface area contributed by atoms with E-state index in [-0.39, 0.29) is 6.04 Å². The summed E-state index contributed by atoms with van der Waals surface area (Å²) >= 11 is 7.88. The molecule has 0 saturated heterocycles. The van der Waals surface area contributed by atoms with Gasteiger partial charge in [0, 0.05) is 16.0 Å². The van der Waals surface area contributed by atoms with Crippen LogP contribution < -0.4 is 10.1 Å². The van der Waals surface area contributed by atoms with Gasteiger partial charge in [-0.3, -0.25) is 0 Å². The molecule has 20 heavy (non-hydrogen) atoms. The van der Waals surface area contributed by atoms with E-state index in [1.54, 1.807) is 11.3 Å². The van der Waals surface area contributed by atoms with Crippen molar-refractivity contribution < 1.29 is 4.74 Å². The first-order valence-electron chi connectivity index (χ1n) is 6.62. The SMILES string of the molecule is CCOc1cc(C)c(Cl)cc1-c1csc(C(C)NC)n1. The molecule has 0 fully saturated rings. The number of rotatable bonds is 5. The summed E-state index contributed by atoms with van der Waals surface area (Å²) in [5.41, 5.74) is 2.88. The molecule has 1 atom stereocenters. The lowest BCUT2D eigenvalue weighted by Gasteiger charge is -2.11. The van der Waals surface area contributed by atoms with Gasteiger partial charge in [0.15, 0.2) is 0 Å². The molecule has 2 rings (SSSR count). The van der Waals surface area contributed by atoms with Crippen molar-refractivity contribution in [2.75, 3.05) is 13.7 Å². The number of aryl methyl sites for hydroxylation is 1. The van der Waals surface area contributed by atoms with Gasteiger partial charge in [-0.05, 0) is 45.5 Å². The number of benzene rings is 1. The lowest BCUT2D eigenvalue weighted by atomic mass is 10.1. The number of hydrogen-bond donors (Lipinski definition) is 1. The van der Waals surface area contributed by atoms with Crippen molar-refractivity contribution in [2.24, 2.45) is 0 Å². The van der Waals surface area contributed by atoms with Crippen LogP contribution in [0.2, 0.25) is 5.02 Å². The van der Waals surface area contributed by atoms with E-state index in [2.05, 4.69) is 17.2 Å². The first-order valence-corrected chi connectivity index (χ1v) is 7.88. The molecule has 108 valence electrons. The summed E-state index contributed by atoms with van der Waals surface area (Å²) in [5.74, 6) is 0.836. The van der Waals surface area contributed by atoms with Crippen LogP contribution in [0.5, 0.6) is 5.75 Å². The van der Waals surface area contributed by atoms with Crippen LogP contribution in [0.3, 0.4) is 0 Å². The van der Waals surface area contributed by atoms with Gasteiger partial charge >= 0.3 is 0 Å². The third-order valence-electron chi connectivity index (χ3n) is 3.16. The maximum Gasteiger partial charge on any atom is 0.129 e. The molecule has 1 heterocycles. The second kappa shape index (κ2) is 6.57. The molecule has 0 aliphatic rings. The topological polar surface area (TPSA) is 34.1 Å². The van der Waals surface area contributed by atoms with Crippen LogP contribution in [-0.2, 0) is 0 Å². The Bertz CT molecular complexity index is 598. The number of halogens is 1. The molecule has 2 aromatic rings. The first kappa shape index (κ1) is 15.3. The highest BCUT2D eigenvalue weighted by Crippen LogP contribution is 2.36. The number of nitrogens with zero attached hydrogens (tertiary/aromatic N) is 1. The quantitative estimate of drug-likeness (QED) is 0.886. The highest BCUT2D eigenvalue weighted by atomic mass is 35.5. The average molecular weight is 311 g/mol. The zero-order chi connectivity index (χ0) is 14.7. The molecular formula is C15H19ClN2OS. The van der Waals surface area contributed by atoms with Crippen LogP contribution in [0.25, 0.3) is 11.3 Å². The molecule has 1 aromatic carbocycles. The van der Waals surface area contributed by atoms with Gasteiger partial charge in [0.2, 0.25) is 0 Å². The highest BCUT2D eigenvalue weighted by molar-refractivity contribution is 7.10. The second-order valence-corrected chi connectivity index (χ2v) is 5.91. The van der Waals surface area contributed by atoms with Gasteiger partial charge in [0.1, 0.15) is 10.8 Å². The van der Waals surface area contributed by atoms with Crippen molar-refractivity contribution in [3.63, 3.8) is 0 Å². The molecule has 0 saturated carbocycles. The van der Waals surface area contributed by atoms with Crippen molar-refractivity contribution in [2.45, 2.75) is 26.8 Å². The number of aromatic nitrogens is 1. The molecule has 5 heteroatoms. The molecule has 1 unspecified atom stereocenters. The van der Waals surface area contributed by atoms with E-state index >= 15 is 0 Å². The van der Waals surface area contributed by atoms with Crippen molar-refractivity contribution in [1.82, 2.24) is 10.3 Å². The molecule has 3 nitrogen and oxygen atoms in total. The molecule has 0 spiro atoms. The molecule has 1 aromatic heterocycles. The fourth-order valence-corrected chi connectivity index (χ4v) is 2.91. The van der Waals surface area contributed by atoms with E-state index in [0.717, 1.165) is 32.6 Å². The number of thiazole rings is 1. The van der Waals surface area contributed by atoms with Crippen LogP contribution in [0.4, 0.5) is 0 Å². The fourth-order valence-electron chi connectivity index (χ4n) is 1.86. The maximum absolute atomic E-state index is 6.24. The Hall–Kier alpha value is -1.10. The Morgan fingerprint density at radius 1 is 1.45 bits per heavy atom. The molecule has 0 bridgehead atoms. The minimum atomic E-state index is 0.241. The predicted molar refractivity (Wildman–Crippen MR) is 85.9 cm³/mol. The Morgan fingerprint density at radius 2 is 2.20 bits per heavy atom. The average Bonchev–Trinajstić information content (AvgIpc) is 2.91. The summed E-state index contributed by atoms with van der Waals surface area (Å²) in [6.45, 7) is 6.67. The van der Waals surface area contributed by atoms with E-state index in [1.165, 1.54) is 0 Å². The molecule has 0 aliphatic heterocycles. The highest BCUT2D eigenvalue weighted by Gasteiger charge is 2.15. The van der Waals surface area contributed by atoms with Gasteiger partial charge in [-0.2, -0.15) is 0 Å². The minimum Gasteiger partial charge on any atom is -0.493 e. The molecule has 0 aliphatic carbocycles. The van der Waals surface area contributed by atoms with Crippen molar-refractivity contribution in [3.05, 3.63) is 33.1 Å². The van der Waals surface area contributed by atoms with Gasteiger partial charge in [-0.15, -0.1) is 11.3 Å². The standard InChI is InChI=1S/C15H19ClN2OS/c1-5-19-14-6-9(2)12(16)7-11(14)13-8-20-15(18-13)10(3)17-4/h6-8,10,17H,5H2,1-4H3. The summed E-state index contributed by atoms with van der Waals surface area (Å²) < 4.78 is 5.71. The summed E-state index contributed by atoms with van der Waals surface area (Å²) in [5, 5.41) is 7.04. The van der Waals surface area contributed by atoms with Crippen LogP contribution in [0, 0.1) is 6.92 Å². The normalized spacial score (nSPS) is 12.4. The van der Waals surface area contributed by atoms with Gasteiger partial charge < -0.3 is 10.1 Å². The Balaban J connectivity index is 2.45. The predicted octanol–water partition coefficient (Wildman–Crippen LogP) is 4.45. The van der Waals surface area contributed by atoms with Crippen LogP contribution in [0.1, 0.15) is 30.5 Å². The lowest BCUT2D eigenvalue weighted by molar-refractivity contribution is 0.341. The maximum atomic E-state index is 6.24. The van der Waals surface area contributed by atoms with Gasteiger partial charge in [0.05, 0.1) is 18.3 Å². The summed E-state index contributed by atoms with van der Waals surface area (Å²) in [6, 6.07) is 4.15. The van der Waals surface area contributed by atoms with E-state index < -0.39 is 0 Å². The summed E-state index contributed by atoms with van der Waals surface area (Å²) in [4.78, 5) is 4.68. The monoisotopic (exact) mass is 310 g/mol. The number of nitrogens with one attached hydrogen (secondary N) is 1. The van der Waals surface area contributed by atoms with Crippen LogP contribution in [0.15, 0.2) is 17.5 Å². The molecule has 0 amide bonds. The first-order chi connectivity index (χ1) is 9.56. The van der Waals surface area contributed by atoms with Gasteiger partial charge in [0.25, 0.3) is 0 Å². The van der Waals surface area contributed by atoms with Crippen molar-refractivity contribution in [1.29, 1.82) is 0 Å². The zero-order valence-corrected chi connectivity index (χ0v) is 13.7. The summed E-state index contributed by atoms with van der Waals surface area (Å²) in [7, 11) is 1.93. The lowest BCUT2D eigenvalue weighted by Crippen LogP contribution is -2.11. The van der Waals surface area contributed by atoms with E-state index in [1.807, 2.05) is 38.4 Å². The zero-order valence-electron chi connectivity index (χ0n) is 12.2. The number of hydrogen-bond acceptors (Lipinski definition) is 4. The van der Waals surface area contributed by atoms with Crippen LogP contribution >= 0.6 is 22.9 Å². The van der Waals surface area contributed by atoms with E-state index in [4.69, 9.17) is 16.3 Å². The largest absolute Gasteiger partial charge is 0.493 e. The molecule has 1 N–H and O–H groups in total.